The van der Waals surface area contributed by atoms with Gasteiger partial charge in [0.15, 0.2) is 6.17 Å². The molecule has 1 amide bonds. The molecule has 0 bridgehead atoms. The van der Waals surface area contributed by atoms with E-state index in [4.69, 9.17) is 10.5 Å². The van der Waals surface area contributed by atoms with E-state index in [1.54, 1.807) is 0 Å². The molecule has 10 heteroatoms. The molecule has 5 nitrogen and oxygen atoms in total. The second kappa shape index (κ2) is 7.73. The third kappa shape index (κ3) is 3.22. The minimum absolute atomic E-state index is 0.0726. The third-order valence-electron chi connectivity index (χ3n) is 5.40. The maximum absolute atomic E-state index is 14.5. The summed E-state index contributed by atoms with van der Waals surface area (Å²) in [6.07, 6.45) is -0.872. The molecule has 0 saturated heterocycles. The van der Waals surface area contributed by atoms with Crippen molar-refractivity contribution >= 4 is 22.7 Å². The Morgan fingerprint density at radius 1 is 1.40 bits per heavy atom. The van der Waals surface area contributed by atoms with Crippen LogP contribution in [0.25, 0.3) is 0 Å². The van der Waals surface area contributed by atoms with E-state index in [0.717, 1.165) is 41.0 Å². The van der Waals surface area contributed by atoms with Crippen LogP contribution in [0.1, 0.15) is 25.3 Å². The van der Waals surface area contributed by atoms with Crippen LogP contribution in [-0.4, -0.2) is 40.2 Å². The highest BCUT2D eigenvalue weighted by Crippen LogP contribution is 2.56. The van der Waals surface area contributed by atoms with Gasteiger partial charge in [-0.1, -0.05) is 11.8 Å². The molecule has 4 rings (SSSR count). The number of allylic oxidation sites excluding steroid dienone is 2. The smallest absolute Gasteiger partial charge is 0.241 e. The first kappa shape index (κ1) is 20.9. The Bertz CT molecular complexity index is 996. The van der Waals surface area contributed by atoms with Crippen LogP contribution in [0.4, 0.5) is 17.6 Å². The molecule has 3 aliphatic rings. The molecule has 1 spiro atoms. The molecule has 1 aromatic carbocycles. The molecule has 3 atom stereocenters. The van der Waals surface area contributed by atoms with Gasteiger partial charge in [0.2, 0.25) is 5.91 Å². The van der Waals surface area contributed by atoms with Crippen molar-refractivity contribution in [3.8, 4) is 0 Å². The lowest BCUT2D eigenvalue weighted by molar-refractivity contribution is -0.133. The van der Waals surface area contributed by atoms with E-state index >= 15 is 0 Å². The van der Waals surface area contributed by atoms with Crippen LogP contribution in [0.5, 0.6) is 0 Å². The van der Waals surface area contributed by atoms with Crippen LogP contribution in [-0.2, 0) is 9.53 Å². The maximum atomic E-state index is 14.5. The molecule has 2 aliphatic heterocycles. The number of nitrogens with two attached hydrogens (primary N) is 1. The predicted molar refractivity (Wildman–Crippen MR) is 105 cm³/mol. The Balaban J connectivity index is 1.89. The predicted octanol–water partition coefficient (Wildman–Crippen LogP) is 3.76. The highest BCUT2D eigenvalue weighted by atomic mass is 32.2. The van der Waals surface area contributed by atoms with E-state index in [0.29, 0.717) is 12.0 Å². The Hall–Kier alpha value is -2.33. The van der Waals surface area contributed by atoms with Gasteiger partial charge in [-0.15, -0.1) is 0 Å². The molecule has 30 heavy (non-hydrogen) atoms. The van der Waals surface area contributed by atoms with Crippen LogP contribution >= 0.6 is 11.8 Å². The lowest BCUT2D eigenvalue weighted by atomic mass is 9.82. The van der Waals surface area contributed by atoms with Gasteiger partial charge in [-0.05, 0) is 31.2 Å². The number of hydrazone groups is 1. The molecule has 2 N–H and O–H groups in total. The van der Waals surface area contributed by atoms with Crippen molar-refractivity contribution in [1.82, 2.24) is 5.01 Å². The number of alkyl halides is 1. The van der Waals surface area contributed by atoms with Gasteiger partial charge in [0.1, 0.15) is 33.1 Å². The van der Waals surface area contributed by atoms with Gasteiger partial charge in [-0.3, -0.25) is 4.79 Å². The summed E-state index contributed by atoms with van der Waals surface area (Å²) < 4.78 is 62.2. The molecular weight excluding hydrogens is 422 g/mol. The van der Waals surface area contributed by atoms with Gasteiger partial charge >= 0.3 is 0 Å². The summed E-state index contributed by atoms with van der Waals surface area (Å²) in [6, 6.07) is 2.94. The number of hydrogen-bond donors (Lipinski definition) is 1. The fourth-order valence-electron chi connectivity index (χ4n) is 4.06. The molecular formula is C20H19F4N3O2S. The van der Waals surface area contributed by atoms with Gasteiger partial charge in [-0.2, -0.15) is 5.10 Å². The van der Waals surface area contributed by atoms with Crippen molar-refractivity contribution in [2.24, 2.45) is 16.8 Å². The second-order valence-corrected chi connectivity index (χ2v) is 8.50. The molecule has 2 heterocycles. The molecule has 1 aromatic rings. The summed E-state index contributed by atoms with van der Waals surface area (Å²) in [5.74, 6) is -3.11. The number of carbonyl (C=O) groups is 1. The monoisotopic (exact) mass is 441 g/mol. The van der Waals surface area contributed by atoms with Crippen molar-refractivity contribution in [3.05, 3.63) is 58.6 Å². The zero-order chi connectivity index (χ0) is 21.6. The fraction of sp³-hybridized carbons (Fsp3) is 0.400. The molecule has 0 fully saturated rings. The summed E-state index contributed by atoms with van der Waals surface area (Å²) in [7, 11) is 0. The number of nitrogens with zero attached hydrogens (tertiary/aromatic N) is 2. The highest BCUT2D eigenvalue weighted by molar-refractivity contribution is 8.16. The average Bonchev–Trinajstić information content (AvgIpc) is 3.09. The van der Waals surface area contributed by atoms with Crippen molar-refractivity contribution in [1.29, 1.82) is 0 Å². The van der Waals surface area contributed by atoms with Gasteiger partial charge < -0.3 is 10.5 Å². The number of ether oxygens (including phenoxy) is 1. The van der Waals surface area contributed by atoms with E-state index in [1.807, 2.05) is 0 Å². The number of hydrogen-bond acceptors (Lipinski definition) is 5. The maximum Gasteiger partial charge on any atom is 0.241 e. The van der Waals surface area contributed by atoms with Gasteiger partial charge in [-0.25, -0.2) is 22.6 Å². The Kier molecular flexibility index (Phi) is 5.39. The number of amides is 1. The molecule has 160 valence electrons. The minimum atomic E-state index is -1.90. The normalized spacial score (nSPS) is 28.3. The SMILES string of the molecule is CC(=O)N1N=C(c2cc(F)ccc2F)S[C@]12C1=C(C=C(F)C(F)C1)OC[C@@H]2CCN. The van der Waals surface area contributed by atoms with Crippen LogP contribution in [0.15, 0.2) is 46.5 Å². The van der Waals surface area contributed by atoms with Crippen molar-refractivity contribution in [3.63, 3.8) is 0 Å². The topological polar surface area (TPSA) is 67.9 Å². The van der Waals surface area contributed by atoms with Crippen LogP contribution in [0.2, 0.25) is 0 Å². The highest BCUT2D eigenvalue weighted by Gasteiger charge is 2.58. The first-order chi connectivity index (χ1) is 14.3. The number of benzene rings is 1. The van der Waals surface area contributed by atoms with E-state index in [-0.39, 0.29) is 35.9 Å². The summed E-state index contributed by atoms with van der Waals surface area (Å²) in [6.45, 7) is 1.61. The van der Waals surface area contributed by atoms with E-state index in [2.05, 4.69) is 5.10 Å². The first-order valence-corrected chi connectivity index (χ1v) is 10.2. The summed E-state index contributed by atoms with van der Waals surface area (Å²) in [5.41, 5.74) is 5.99. The molecule has 1 unspecified atom stereocenters. The lowest BCUT2D eigenvalue weighted by Gasteiger charge is -2.47. The van der Waals surface area contributed by atoms with Gasteiger partial charge in [0, 0.05) is 36.5 Å². The Morgan fingerprint density at radius 2 is 2.17 bits per heavy atom. The average molecular weight is 441 g/mol. The number of halogens is 4. The molecule has 0 aromatic heterocycles. The Labute approximate surface area is 174 Å². The standard InChI is InChI=1S/C20H19F4N3O2S/c1-10(28)27-20(30-19(26-27)13-6-12(21)2-3-15(13)22)11(4-5-25)9-29-18-8-17(24)16(23)7-14(18)20/h2-3,6,8,11,16H,4-5,7,9,25H2,1H3/t11-,16?,20+/m0/s1. The number of carbonyl (C=O) groups excluding carboxylic acids is 1. The van der Waals surface area contributed by atoms with Crippen LogP contribution in [0.3, 0.4) is 0 Å². The number of fused-ring (bicyclic) bond motifs is 1. The Morgan fingerprint density at radius 3 is 2.87 bits per heavy atom. The number of rotatable bonds is 3. The fourth-order valence-corrected chi connectivity index (χ4v) is 5.66. The lowest BCUT2D eigenvalue weighted by Crippen LogP contribution is -2.55. The van der Waals surface area contributed by atoms with Crippen LogP contribution in [0, 0.1) is 17.6 Å². The quantitative estimate of drug-likeness (QED) is 0.726. The van der Waals surface area contributed by atoms with Crippen molar-refractivity contribution < 1.29 is 27.1 Å². The zero-order valence-corrected chi connectivity index (χ0v) is 16.8. The minimum Gasteiger partial charge on any atom is -0.493 e. The largest absolute Gasteiger partial charge is 0.493 e. The molecule has 0 saturated carbocycles. The van der Waals surface area contributed by atoms with E-state index in [9.17, 15) is 22.4 Å². The third-order valence-corrected chi connectivity index (χ3v) is 6.96. The van der Waals surface area contributed by atoms with Gasteiger partial charge in [0.05, 0.1) is 6.61 Å². The number of thioether (sulfide) groups is 1. The first-order valence-electron chi connectivity index (χ1n) is 9.39. The van der Waals surface area contributed by atoms with Crippen molar-refractivity contribution in [2.75, 3.05) is 13.2 Å². The van der Waals surface area contributed by atoms with Gasteiger partial charge in [0.25, 0.3) is 0 Å². The second-order valence-electron chi connectivity index (χ2n) is 7.29. The zero-order valence-electron chi connectivity index (χ0n) is 16.0. The summed E-state index contributed by atoms with van der Waals surface area (Å²) in [5, 5.41) is 5.52. The van der Waals surface area contributed by atoms with E-state index in [1.165, 1.54) is 6.92 Å². The summed E-state index contributed by atoms with van der Waals surface area (Å²) >= 11 is 1.02. The van der Waals surface area contributed by atoms with E-state index < -0.39 is 40.3 Å². The van der Waals surface area contributed by atoms with Crippen LogP contribution < -0.4 is 5.73 Å². The summed E-state index contributed by atoms with van der Waals surface area (Å²) in [4.78, 5) is 11.3. The molecule has 1 aliphatic carbocycles. The van der Waals surface area contributed by atoms with Crippen molar-refractivity contribution in [2.45, 2.75) is 30.8 Å². The molecule has 0 radical (unpaired) electrons.